The van der Waals surface area contributed by atoms with E-state index in [0.717, 1.165) is 4.88 Å². The van der Waals surface area contributed by atoms with Crippen LogP contribution < -0.4 is 5.01 Å². The summed E-state index contributed by atoms with van der Waals surface area (Å²) in [4.78, 5) is 18.0. The highest BCUT2D eigenvalue weighted by Crippen LogP contribution is 2.30. The molecular weight excluding hydrogens is 361 g/mol. The van der Waals surface area contributed by atoms with Crippen molar-refractivity contribution in [2.45, 2.75) is 0 Å². The van der Waals surface area contributed by atoms with E-state index in [9.17, 15) is 9.18 Å². The summed E-state index contributed by atoms with van der Waals surface area (Å²) in [5.41, 5.74) is 0.602. The quantitative estimate of drug-likeness (QED) is 0.383. The number of fused-ring (bicyclic) bond motifs is 1. The monoisotopic (exact) mass is 371 g/mol. The highest BCUT2D eigenvalue weighted by molar-refractivity contribution is 7.22. The van der Waals surface area contributed by atoms with Crippen molar-refractivity contribution in [3.63, 3.8) is 0 Å². The highest BCUT2D eigenvalue weighted by Gasteiger charge is 2.23. The maximum atomic E-state index is 13.4. The van der Waals surface area contributed by atoms with Gasteiger partial charge in [0.1, 0.15) is 5.82 Å². The van der Waals surface area contributed by atoms with Crippen molar-refractivity contribution < 1.29 is 13.6 Å². The van der Waals surface area contributed by atoms with E-state index >= 15 is 0 Å². The lowest BCUT2D eigenvalue weighted by atomic mass is 10.3. The molecule has 0 unspecified atom stereocenters. The van der Waals surface area contributed by atoms with Gasteiger partial charge in [0.25, 0.3) is 0 Å². The smallest absolute Gasteiger partial charge is 0.316 e. The molecule has 0 aliphatic carbocycles. The second-order valence-electron chi connectivity index (χ2n) is 4.96. The molecule has 3 heterocycles. The van der Waals surface area contributed by atoms with Crippen LogP contribution in [0, 0.1) is 5.82 Å². The third kappa shape index (κ3) is 3.21. The second-order valence-corrected chi connectivity index (χ2v) is 6.95. The Morgan fingerprint density at radius 3 is 2.96 bits per heavy atom. The van der Waals surface area contributed by atoms with Crippen molar-refractivity contribution in [3.8, 4) is 0 Å². The second kappa shape index (κ2) is 6.58. The van der Waals surface area contributed by atoms with Crippen LogP contribution >= 0.6 is 22.7 Å². The van der Waals surface area contributed by atoms with Crippen LogP contribution in [0.25, 0.3) is 10.2 Å². The number of furan rings is 1. The maximum Gasteiger partial charge on any atom is 0.316 e. The van der Waals surface area contributed by atoms with E-state index < -0.39 is 5.91 Å². The minimum Gasteiger partial charge on any atom is -0.459 e. The Kier molecular flexibility index (Phi) is 4.12. The maximum absolute atomic E-state index is 13.4. The molecule has 0 bridgehead atoms. The van der Waals surface area contributed by atoms with Crippen molar-refractivity contribution in [3.05, 3.63) is 70.6 Å². The third-order valence-corrected chi connectivity index (χ3v) is 5.09. The number of anilines is 1. The van der Waals surface area contributed by atoms with Gasteiger partial charge in [-0.3, -0.25) is 4.79 Å². The van der Waals surface area contributed by atoms with E-state index in [1.165, 1.54) is 46.1 Å². The molecule has 0 atom stereocenters. The molecule has 25 heavy (non-hydrogen) atoms. The van der Waals surface area contributed by atoms with Crippen molar-refractivity contribution in [2.75, 3.05) is 5.01 Å². The number of thiophene rings is 1. The summed E-state index contributed by atoms with van der Waals surface area (Å²) in [5.74, 6) is -0.653. The standard InChI is InChI=1S/C17H10FN3O2S2/c18-11-5-6-13-15(9-11)25-17(20-13)21(16(22)14-4-1-7-23-14)19-10-12-3-2-8-24-12/h1-10H/b19-10-. The van der Waals surface area contributed by atoms with Crippen molar-refractivity contribution in [1.82, 2.24) is 4.98 Å². The van der Waals surface area contributed by atoms with Crippen molar-refractivity contribution in [2.24, 2.45) is 5.10 Å². The highest BCUT2D eigenvalue weighted by atomic mass is 32.1. The predicted molar refractivity (Wildman–Crippen MR) is 97.0 cm³/mol. The SMILES string of the molecule is O=C(c1ccco1)N(/N=C\c1cccs1)c1nc2ccc(F)cc2s1. The van der Waals surface area contributed by atoms with Gasteiger partial charge in [-0.25, -0.2) is 9.37 Å². The molecule has 8 heteroatoms. The van der Waals surface area contributed by atoms with Crippen LogP contribution in [0.15, 0.2) is 63.6 Å². The van der Waals surface area contributed by atoms with Gasteiger partial charge in [0.15, 0.2) is 5.76 Å². The zero-order valence-corrected chi connectivity index (χ0v) is 14.3. The number of hydrazone groups is 1. The molecule has 0 aliphatic heterocycles. The molecule has 4 aromatic rings. The minimum atomic E-state index is -0.447. The number of carbonyl (C=O) groups excluding carboxylic acids is 1. The number of carbonyl (C=O) groups is 1. The van der Waals surface area contributed by atoms with Gasteiger partial charge in [-0.1, -0.05) is 17.4 Å². The summed E-state index contributed by atoms with van der Waals surface area (Å²) < 4.78 is 19.2. The summed E-state index contributed by atoms with van der Waals surface area (Å²) in [5, 5.41) is 7.70. The average Bonchev–Trinajstić information content (AvgIpc) is 3.36. The van der Waals surface area contributed by atoms with Crippen molar-refractivity contribution >= 4 is 50.1 Å². The molecule has 0 spiro atoms. The number of aromatic nitrogens is 1. The molecule has 3 aromatic heterocycles. The molecule has 0 aliphatic rings. The van der Waals surface area contributed by atoms with E-state index in [1.807, 2.05) is 17.5 Å². The average molecular weight is 371 g/mol. The van der Waals surface area contributed by atoms with Crippen LogP contribution in [0.5, 0.6) is 0 Å². The number of rotatable bonds is 4. The normalized spacial score (nSPS) is 11.4. The first-order chi connectivity index (χ1) is 12.2. The Labute approximate surface area is 149 Å². The van der Waals surface area contributed by atoms with Crippen LogP contribution in [0.4, 0.5) is 9.52 Å². The van der Waals surface area contributed by atoms with Gasteiger partial charge in [-0.2, -0.15) is 10.1 Å². The first kappa shape index (κ1) is 15.7. The Hall–Kier alpha value is -2.84. The molecule has 5 nitrogen and oxygen atoms in total. The molecule has 1 aromatic carbocycles. The molecule has 4 rings (SSSR count). The molecule has 0 saturated heterocycles. The van der Waals surface area contributed by atoms with Crippen molar-refractivity contribution in [1.29, 1.82) is 0 Å². The van der Waals surface area contributed by atoms with Gasteiger partial charge in [-0.05, 0) is 41.8 Å². The van der Waals surface area contributed by atoms with Gasteiger partial charge in [0.05, 0.1) is 22.7 Å². The largest absolute Gasteiger partial charge is 0.459 e. The Bertz CT molecular complexity index is 1040. The summed E-state index contributed by atoms with van der Waals surface area (Å²) in [7, 11) is 0. The molecule has 0 saturated carbocycles. The predicted octanol–water partition coefficient (Wildman–Crippen LogP) is 4.77. The number of hydrogen-bond acceptors (Lipinski definition) is 6. The first-order valence-electron chi connectivity index (χ1n) is 7.22. The Morgan fingerprint density at radius 1 is 1.28 bits per heavy atom. The van der Waals surface area contributed by atoms with Gasteiger partial charge in [-0.15, -0.1) is 11.3 Å². The summed E-state index contributed by atoms with van der Waals surface area (Å²) >= 11 is 2.68. The Morgan fingerprint density at radius 2 is 2.20 bits per heavy atom. The van der Waals surface area contributed by atoms with Gasteiger partial charge < -0.3 is 4.42 Å². The number of thiazole rings is 1. The minimum absolute atomic E-state index is 0.147. The lowest BCUT2D eigenvalue weighted by molar-refractivity contribution is 0.0961. The number of hydrogen-bond donors (Lipinski definition) is 0. The number of nitrogens with zero attached hydrogens (tertiary/aromatic N) is 3. The fraction of sp³-hybridized carbons (Fsp3) is 0. The summed E-state index contributed by atoms with van der Waals surface area (Å²) in [6, 6.07) is 11.3. The lowest BCUT2D eigenvalue weighted by Crippen LogP contribution is -2.25. The molecule has 1 amide bonds. The van der Waals surface area contributed by atoms with Crippen LogP contribution in [-0.2, 0) is 0 Å². The van der Waals surface area contributed by atoms with Crippen LogP contribution in [0.2, 0.25) is 0 Å². The lowest BCUT2D eigenvalue weighted by Gasteiger charge is -2.11. The van der Waals surface area contributed by atoms with E-state index in [1.54, 1.807) is 24.4 Å². The van der Waals surface area contributed by atoms with E-state index in [2.05, 4.69) is 10.1 Å². The third-order valence-electron chi connectivity index (χ3n) is 3.29. The zero-order valence-electron chi connectivity index (χ0n) is 12.6. The van der Waals surface area contributed by atoms with Gasteiger partial charge in [0.2, 0.25) is 5.13 Å². The topological polar surface area (TPSA) is 58.7 Å². The Balaban J connectivity index is 1.76. The fourth-order valence-corrected chi connectivity index (χ4v) is 3.68. The van der Waals surface area contributed by atoms with Gasteiger partial charge in [0, 0.05) is 4.88 Å². The molecule has 0 radical (unpaired) electrons. The molecule has 124 valence electrons. The molecule has 0 fully saturated rings. The number of benzene rings is 1. The molecule has 0 N–H and O–H groups in total. The zero-order chi connectivity index (χ0) is 17.2. The fourth-order valence-electron chi connectivity index (χ4n) is 2.15. The van der Waals surface area contributed by atoms with E-state index in [4.69, 9.17) is 4.42 Å². The first-order valence-corrected chi connectivity index (χ1v) is 8.92. The molecular formula is C17H10FN3O2S2. The van der Waals surface area contributed by atoms with Gasteiger partial charge >= 0.3 is 5.91 Å². The summed E-state index contributed by atoms with van der Waals surface area (Å²) in [6.45, 7) is 0. The number of halogens is 1. The van der Waals surface area contributed by atoms with Crippen LogP contribution in [0.1, 0.15) is 15.4 Å². The van der Waals surface area contributed by atoms with Crippen LogP contribution in [0.3, 0.4) is 0 Å². The number of amides is 1. The van der Waals surface area contributed by atoms with Crippen LogP contribution in [-0.4, -0.2) is 17.1 Å². The summed E-state index contributed by atoms with van der Waals surface area (Å²) in [6.07, 6.45) is 3.00. The van der Waals surface area contributed by atoms with E-state index in [0.29, 0.717) is 15.3 Å². The van der Waals surface area contributed by atoms with E-state index in [-0.39, 0.29) is 11.6 Å².